The summed E-state index contributed by atoms with van der Waals surface area (Å²) in [5.74, 6) is -2.53. The Morgan fingerprint density at radius 2 is 1.72 bits per heavy atom. The number of allylic oxidation sites excluding steroid dienone is 1. The largest absolute Gasteiger partial charge is 0.484 e. The van der Waals surface area contributed by atoms with E-state index in [0.29, 0.717) is 65.8 Å². The first kappa shape index (κ1) is 39.9. The summed E-state index contributed by atoms with van der Waals surface area (Å²) >= 11 is 0. The molecule has 14 nitrogen and oxygen atoms in total. The second-order valence-electron chi connectivity index (χ2n) is 16.8. The Balaban J connectivity index is 1.05. The van der Waals surface area contributed by atoms with Gasteiger partial charge in [0.2, 0.25) is 21.8 Å². The molecule has 2 aliphatic heterocycles. The molecule has 4 amide bonds. The number of hydrogen-bond donors (Lipinski definition) is 3. The Hall–Kier alpha value is -5.51. The van der Waals surface area contributed by atoms with Crippen LogP contribution in [0.4, 0.5) is 9.18 Å². The van der Waals surface area contributed by atoms with E-state index in [1.165, 1.54) is 17.0 Å². The van der Waals surface area contributed by atoms with Crippen molar-refractivity contribution in [3.63, 3.8) is 0 Å². The number of aromatic nitrogens is 1. The SMILES string of the molecule is O=C(N[C@H]1CCCCC/C=C\[C@H]2C[C@@]2(C(=O)NS(=O)(=O)C2CC2)NC(=O)[C@@H]2C[C@@H](Oc3cc(-c4ccc(F)cc4)nc4c3oc3ccccc34)CN2C1=O)OC1CCCC1. The number of fused-ring (bicyclic) bond motifs is 5. The molecule has 5 aliphatic rings. The van der Waals surface area contributed by atoms with Gasteiger partial charge in [0.15, 0.2) is 11.3 Å². The molecule has 0 bridgehead atoms. The maximum atomic E-state index is 14.7. The maximum Gasteiger partial charge on any atom is 0.408 e. The molecule has 3 N–H and O–H groups in total. The summed E-state index contributed by atoms with van der Waals surface area (Å²) in [6.45, 7) is -0.0682. The molecule has 4 fully saturated rings. The first-order valence-corrected chi connectivity index (χ1v) is 22.6. The number of furan rings is 1. The van der Waals surface area contributed by atoms with Crippen molar-refractivity contribution in [1.29, 1.82) is 0 Å². The molecule has 3 aliphatic carbocycles. The van der Waals surface area contributed by atoms with Crippen LogP contribution < -0.4 is 20.1 Å². The van der Waals surface area contributed by atoms with Crippen LogP contribution in [0.1, 0.15) is 83.5 Å². The van der Waals surface area contributed by atoms with Gasteiger partial charge in [-0.25, -0.2) is 22.6 Å². The fourth-order valence-electron chi connectivity index (χ4n) is 8.87. The minimum Gasteiger partial charge on any atom is -0.484 e. The van der Waals surface area contributed by atoms with Crippen LogP contribution in [0.3, 0.4) is 0 Å². The van der Waals surface area contributed by atoms with E-state index in [0.717, 1.165) is 43.9 Å². The second-order valence-corrected chi connectivity index (χ2v) is 18.8. The zero-order chi connectivity index (χ0) is 41.6. The molecule has 2 aromatic carbocycles. The molecular formula is C44H48FN5O9S. The minimum absolute atomic E-state index is 0.00861. The number of carbonyl (C=O) groups excluding carboxylic acids is 4. The topological polar surface area (TPSA) is 186 Å². The monoisotopic (exact) mass is 841 g/mol. The highest BCUT2D eigenvalue weighted by atomic mass is 32.2. The zero-order valence-corrected chi connectivity index (χ0v) is 33.9. The Bertz CT molecular complexity index is 2460. The Morgan fingerprint density at radius 3 is 2.50 bits per heavy atom. The highest BCUT2D eigenvalue weighted by molar-refractivity contribution is 7.91. The van der Waals surface area contributed by atoms with Crippen LogP contribution in [0, 0.1) is 11.7 Å². The third-order valence-corrected chi connectivity index (χ3v) is 14.3. The van der Waals surface area contributed by atoms with Gasteiger partial charge >= 0.3 is 6.09 Å². The van der Waals surface area contributed by atoms with Crippen LogP contribution in [-0.2, 0) is 29.1 Å². The van der Waals surface area contributed by atoms with Gasteiger partial charge in [-0.3, -0.25) is 19.1 Å². The van der Waals surface area contributed by atoms with E-state index >= 15 is 0 Å². The van der Waals surface area contributed by atoms with Gasteiger partial charge < -0.3 is 29.4 Å². The van der Waals surface area contributed by atoms with Crippen molar-refractivity contribution in [2.24, 2.45) is 5.92 Å². The maximum absolute atomic E-state index is 14.7. The molecule has 1 saturated heterocycles. The van der Waals surface area contributed by atoms with Gasteiger partial charge in [-0.1, -0.05) is 37.1 Å². The summed E-state index contributed by atoms with van der Waals surface area (Å²) < 4.78 is 60.7. The number of hydrogen-bond acceptors (Lipinski definition) is 10. The highest BCUT2D eigenvalue weighted by Crippen LogP contribution is 2.46. The van der Waals surface area contributed by atoms with E-state index in [4.69, 9.17) is 18.9 Å². The van der Waals surface area contributed by atoms with E-state index < -0.39 is 74.5 Å². The van der Waals surface area contributed by atoms with Gasteiger partial charge in [0.25, 0.3) is 5.91 Å². The average molecular weight is 842 g/mol. The lowest BCUT2D eigenvalue weighted by Gasteiger charge is -2.30. The average Bonchev–Trinajstić information content (AvgIpc) is 4.04. The molecule has 60 heavy (non-hydrogen) atoms. The number of amides is 4. The number of pyridine rings is 1. The summed E-state index contributed by atoms with van der Waals surface area (Å²) in [6, 6.07) is 12.8. The standard InChI is InChI=1S/C44H48FN5O9S/c45-28-18-16-26(17-19-28)34-23-37(39-38(46-34)32-13-8-9-15-36(32)59-39)57-30-22-35-40(51)48-44(42(53)49-60(55,56)31-20-21-31)24-27(44)10-4-2-1-3-5-14-33(41(52)50(35)25-30)47-43(54)58-29-11-6-7-12-29/h4,8-10,13,15-19,23,27,29-31,33,35H,1-3,5-7,11-12,14,20-22,24-25H2,(H,47,54)(H,48,51)(H,49,53)/b10-4-/t27-,30+,33-,35-,44+/m0/s1. The van der Waals surface area contributed by atoms with Crippen molar-refractivity contribution in [2.75, 3.05) is 6.54 Å². The highest BCUT2D eigenvalue weighted by Gasteiger charge is 2.62. The molecule has 3 saturated carbocycles. The van der Waals surface area contributed by atoms with Gasteiger partial charge in [-0.15, -0.1) is 0 Å². The molecule has 4 heterocycles. The Morgan fingerprint density at radius 1 is 0.950 bits per heavy atom. The van der Waals surface area contributed by atoms with Gasteiger partial charge in [-0.2, -0.15) is 0 Å². The van der Waals surface area contributed by atoms with E-state index in [2.05, 4.69) is 15.4 Å². The van der Waals surface area contributed by atoms with E-state index in [1.54, 1.807) is 24.3 Å². The van der Waals surface area contributed by atoms with Gasteiger partial charge in [-0.05, 0) is 101 Å². The quantitative estimate of drug-likeness (QED) is 0.173. The van der Waals surface area contributed by atoms with Crippen molar-refractivity contribution in [1.82, 2.24) is 25.2 Å². The summed E-state index contributed by atoms with van der Waals surface area (Å²) in [6.07, 6.45) is 9.72. The lowest BCUT2D eigenvalue weighted by atomic mass is 10.0. The molecule has 0 unspecified atom stereocenters. The van der Waals surface area contributed by atoms with E-state index in [9.17, 15) is 32.0 Å². The summed E-state index contributed by atoms with van der Waals surface area (Å²) in [4.78, 5) is 62.7. The Kier molecular flexibility index (Phi) is 10.8. The molecule has 2 aromatic heterocycles. The van der Waals surface area contributed by atoms with Gasteiger partial charge in [0.05, 0.1) is 17.5 Å². The smallest absolute Gasteiger partial charge is 0.408 e. The van der Waals surface area contributed by atoms with E-state index in [1.807, 2.05) is 30.4 Å². The molecule has 316 valence electrons. The number of nitrogens with zero attached hydrogens (tertiary/aromatic N) is 2. The second kappa shape index (κ2) is 16.2. The van der Waals surface area contributed by atoms with Crippen LogP contribution >= 0.6 is 0 Å². The predicted molar refractivity (Wildman–Crippen MR) is 218 cm³/mol. The predicted octanol–water partition coefficient (Wildman–Crippen LogP) is 6.18. The fraction of sp³-hybridized carbons (Fsp3) is 0.477. The van der Waals surface area contributed by atoms with Crippen LogP contribution in [0.5, 0.6) is 5.75 Å². The number of rotatable bonds is 8. The lowest BCUT2D eigenvalue weighted by molar-refractivity contribution is -0.141. The number of sulfonamides is 1. The number of halogens is 1. The molecular weight excluding hydrogens is 794 g/mol. The number of alkyl carbamates (subject to hydrolysis) is 1. The summed E-state index contributed by atoms with van der Waals surface area (Å²) in [5, 5.41) is 5.79. The molecule has 16 heteroatoms. The van der Waals surface area contributed by atoms with Crippen molar-refractivity contribution in [3.8, 4) is 17.0 Å². The van der Waals surface area contributed by atoms with Crippen LogP contribution in [0.15, 0.2) is 71.2 Å². The zero-order valence-electron chi connectivity index (χ0n) is 33.1. The normalized spacial score (nSPS) is 27.0. The molecule has 9 rings (SSSR count). The number of ether oxygens (including phenoxy) is 2. The molecule has 4 aromatic rings. The third kappa shape index (κ3) is 8.17. The van der Waals surface area contributed by atoms with Crippen molar-refractivity contribution < 1.29 is 45.9 Å². The van der Waals surface area contributed by atoms with Gasteiger partial charge in [0.1, 0.15) is 46.7 Å². The first-order valence-electron chi connectivity index (χ1n) is 21.0. The van der Waals surface area contributed by atoms with E-state index in [-0.39, 0.29) is 25.5 Å². The number of nitrogens with one attached hydrogen (secondary N) is 3. The van der Waals surface area contributed by atoms with Crippen molar-refractivity contribution in [3.05, 3.63) is 72.6 Å². The van der Waals surface area contributed by atoms with Crippen LogP contribution in [0.25, 0.3) is 33.3 Å². The van der Waals surface area contributed by atoms with Crippen LogP contribution in [-0.4, -0.2) is 83.7 Å². The van der Waals surface area contributed by atoms with Crippen LogP contribution in [0.2, 0.25) is 0 Å². The molecule has 0 radical (unpaired) electrons. The number of benzene rings is 2. The summed E-state index contributed by atoms with van der Waals surface area (Å²) in [5.41, 5.74) is 0.987. The number of para-hydroxylation sites is 1. The van der Waals surface area contributed by atoms with Gasteiger partial charge in [0, 0.05) is 29.4 Å². The van der Waals surface area contributed by atoms with Crippen molar-refractivity contribution in [2.45, 2.75) is 119 Å². The molecule has 5 atom stereocenters. The third-order valence-electron chi connectivity index (χ3n) is 12.4. The molecule has 0 spiro atoms. The lowest BCUT2D eigenvalue weighted by Crippen LogP contribution is -2.58. The number of carbonyl (C=O) groups is 4. The van der Waals surface area contributed by atoms with Crippen molar-refractivity contribution >= 4 is 55.9 Å². The minimum atomic E-state index is -3.93. The Labute approximate surface area is 346 Å². The fourth-order valence-corrected chi connectivity index (χ4v) is 10.2. The first-order chi connectivity index (χ1) is 29.0. The summed E-state index contributed by atoms with van der Waals surface area (Å²) in [7, 11) is -3.93.